The molecule has 0 saturated carbocycles. The first-order valence-corrected chi connectivity index (χ1v) is 6.21. The van der Waals surface area contributed by atoms with E-state index in [-0.39, 0.29) is 5.69 Å². The summed E-state index contributed by atoms with van der Waals surface area (Å²) < 4.78 is 1.70. The molecule has 2 rings (SSSR count). The van der Waals surface area contributed by atoms with Crippen molar-refractivity contribution >= 4 is 6.08 Å². The zero-order chi connectivity index (χ0) is 13.1. The molecule has 0 aliphatic heterocycles. The lowest BCUT2D eigenvalue weighted by Gasteiger charge is -2.05. The van der Waals surface area contributed by atoms with E-state index in [0.29, 0.717) is 0 Å². The van der Waals surface area contributed by atoms with Crippen LogP contribution in [0.15, 0.2) is 35.1 Å². The summed E-state index contributed by atoms with van der Waals surface area (Å²) in [5, 5.41) is 0. The summed E-state index contributed by atoms with van der Waals surface area (Å²) in [4.78, 5) is 14.8. The van der Waals surface area contributed by atoms with E-state index in [4.69, 9.17) is 0 Å². The van der Waals surface area contributed by atoms with Crippen LogP contribution in [-0.4, -0.2) is 9.55 Å². The summed E-state index contributed by atoms with van der Waals surface area (Å²) in [6, 6.07) is 8.09. The zero-order valence-corrected chi connectivity index (χ0v) is 11.0. The molecule has 0 atom stereocenters. The lowest BCUT2D eigenvalue weighted by atomic mass is 10.1. The van der Waals surface area contributed by atoms with Crippen LogP contribution >= 0.6 is 0 Å². The Bertz CT molecular complexity index is 615. The molecule has 0 saturated heterocycles. The number of aromatic amines is 1. The van der Waals surface area contributed by atoms with E-state index in [1.54, 1.807) is 4.57 Å². The zero-order valence-electron chi connectivity index (χ0n) is 11.0. The number of hydrogen-bond donors (Lipinski definition) is 1. The fraction of sp³-hybridized carbons (Fsp3) is 0.267. The Morgan fingerprint density at radius 1 is 1.28 bits per heavy atom. The molecule has 0 amide bonds. The van der Waals surface area contributed by atoms with Crippen LogP contribution in [0, 0.1) is 6.92 Å². The Labute approximate surface area is 107 Å². The van der Waals surface area contributed by atoms with Crippen LogP contribution in [0.4, 0.5) is 0 Å². The monoisotopic (exact) mass is 242 g/mol. The molecule has 2 aromatic rings. The number of nitrogens with zero attached hydrogens (tertiary/aromatic N) is 1. The Morgan fingerprint density at radius 2 is 1.94 bits per heavy atom. The van der Waals surface area contributed by atoms with Crippen LogP contribution in [0.1, 0.15) is 30.8 Å². The largest absolute Gasteiger partial charge is 0.330 e. The molecule has 0 bridgehead atoms. The predicted molar refractivity (Wildman–Crippen MR) is 75.2 cm³/mol. The molecule has 3 heteroatoms. The quantitative estimate of drug-likeness (QED) is 0.882. The number of benzene rings is 1. The molecule has 1 heterocycles. The molecule has 0 fully saturated rings. The second-order valence-electron chi connectivity index (χ2n) is 4.28. The van der Waals surface area contributed by atoms with Gasteiger partial charge in [-0.15, -0.1) is 0 Å². The molecule has 94 valence electrons. The van der Waals surface area contributed by atoms with Gasteiger partial charge in [0.15, 0.2) is 0 Å². The van der Waals surface area contributed by atoms with Gasteiger partial charge in [0.1, 0.15) is 0 Å². The number of aromatic nitrogens is 2. The Balaban J connectivity index is 2.53. The highest BCUT2D eigenvalue weighted by Crippen LogP contribution is 2.13. The SMILES string of the molecule is C/C=C\c1[nH]c(=O)n(-c2ccc(CC)cc2)c1C. The van der Waals surface area contributed by atoms with Crippen molar-refractivity contribution in [3.8, 4) is 5.69 Å². The van der Waals surface area contributed by atoms with Crippen molar-refractivity contribution in [2.75, 3.05) is 0 Å². The molecule has 1 N–H and O–H groups in total. The third-order valence-electron chi connectivity index (χ3n) is 3.11. The third kappa shape index (κ3) is 2.16. The van der Waals surface area contributed by atoms with E-state index in [1.165, 1.54) is 5.56 Å². The van der Waals surface area contributed by atoms with Crippen LogP contribution in [0.2, 0.25) is 0 Å². The van der Waals surface area contributed by atoms with Crippen molar-refractivity contribution in [1.82, 2.24) is 9.55 Å². The van der Waals surface area contributed by atoms with Gasteiger partial charge in [-0.3, -0.25) is 4.57 Å². The molecule has 0 aliphatic rings. The van der Waals surface area contributed by atoms with E-state index in [9.17, 15) is 4.79 Å². The smallest absolute Gasteiger partial charge is 0.306 e. The second kappa shape index (κ2) is 5.08. The van der Waals surface area contributed by atoms with E-state index in [0.717, 1.165) is 23.5 Å². The first-order valence-electron chi connectivity index (χ1n) is 6.21. The average molecular weight is 242 g/mol. The van der Waals surface area contributed by atoms with E-state index in [2.05, 4.69) is 24.0 Å². The first-order chi connectivity index (χ1) is 8.67. The lowest BCUT2D eigenvalue weighted by molar-refractivity contribution is 0.946. The number of allylic oxidation sites excluding steroid dienone is 1. The Morgan fingerprint density at radius 3 is 2.50 bits per heavy atom. The first kappa shape index (κ1) is 12.4. The minimum absolute atomic E-state index is 0.0927. The molecule has 3 nitrogen and oxygen atoms in total. The molecule has 0 spiro atoms. The number of hydrogen-bond acceptors (Lipinski definition) is 1. The van der Waals surface area contributed by atoms with Gasteiger partial charge in [-0.25, -0.2) is 4.79 Å². The van der Waals surface area contributed by atoms with Crippen molar-refractivity contribution < 1.29 is 0 Å². The van der Waals surface area contributed by atoms with Crippen LogP contribution < -0.4 is 5.69 Å². The third-order valence-corrected chi connectivity index (χ3v) is 3.11. The van der Waals surface area contributed by atoms with Crippen LogP contribution in [0.5, 0.6) is 0 Å². The van der Waals surface area contributed by atoms with Gasteiger partial charge in [-0.1, -0.05) is 25.1 Å². The summed E-state index contributed by atoms with van der Waals surface area (Å²) in [7, 11) is 0. The number of rotatable bonds is 3. The highest BCUT2D eigenvalue weighted by molar-refractivity contribution is 5.49. The predicted octanol–water partition coefficient (Wildman–Crippen LogP) is 3.07. The normalized spacial score (nSPS) is 11.3. The van der Waals surface area contributed by atoms with Gasteiger partial charge in [0.05, 0.1) is 11.4 Å². The summed E-state index contributed by atoms with van der Waals surface area (Å²) in [6.45, 7) is 6.00. The fourth-order valence-corrected chi connectivity index (χ4v) is 2.05. The summed E-state index contributed by atoms with van der Waals surface area (Å²) >= 11 is 0. The summed E-state index contributed by atoms with van der Waals surface area (Å²) in [6.07, 6.45) is 4.83. The van der Waals surface area contributed by atoms with Gasteiger partial charge in [0, 0.05) is 5.69 Å². The lowest BCUT2D eigenvalue weighted by Crippen LogP contribution is -2.15. The Kier molecular flexibility index (Phi) is 3.51. The van der Waals surface area contributed by atoms with Gasteiger partial charge in [-0.2, -0.15) is 0 Å². The van der Waals surface area contributed by atoms with Crippen molar-refractivity contribution in [3.05, 3.63) is 57.8 Å². The number of nitrogens with one attached hydrogen (secondary N) is 1. The van der Waals surface area contributed by atoms with Crippen molar-refractivity contribution in [2.45, 2.75) is 27.2 Å². The topological polar surface area (TPSA) is 37.8 Å². The minimum Gasteiger partial charge on any atom is -0.306 e. The maximum atomic E-state index is 12.0. The highest BCUT2D eigenvalue weighted by atomic mass is 16.1. The van der Waals surface area contributed by atoms with Crippen LogP contribution in [0.25, 0.3) is 11.8 Å². The van der Waals surface area contributed by atoms with Crippen LogP contribution in [-0.2, 0) is 6.42 Å². The van der Waals surface area contributed by atoms with E-state index < -0.39 is 0 Å². The van der Waals surface area contributed by atoms with Crippen molar-refractivity contribution in [1.29, 1.82) is 0 Å². The minimum atomic E-state index is -0.0927. The Hall–Kier alpha value is -2.03. The molecular weight excluding hydrogens is 224 g/mol. The van der Waals surface area contributed by atoms with Crippen molar-refractivity contribution in [3.63, 3.8) is 0 Å². The molecule has 0 radical (unpaired) electrons. The maximum absolute atomic E-state index is 12.0. The van der Waals surface area contributed by atoms with E-state index >= 15 is 0 Å². The number of aryl methyl sites for hydroxylation is 1. The number of imidazole rings is 1. The van der Waals surface area contributed by atoms with Crippen LogP contribution in [0.3, 0.4) is 0 Å². The standard InChI is InChI=1S/C15H18N2O/c1-4-6-14-11(3)17(15(18)16-14)13-9-7-12(5-2)8-10-13/h4,6-10H,5H2,1-3H3,(H,16,18)/b6-4-. The van der Waals surface area contributed by atoms with Gasteiger partial charge >= 0.3 is 5.69 Å². The molecule has 1 aromatic heterocycles. The average Bonchev–Trinajstić information content (AvgIpc) is 2.65. The molecule has 0 aliphatic carbocycles. The van der Waals surface area contributed by atoms with Crippen molar-refractivity contribution in [2.24, 2.45) is 0 Å². The molecule has 1 aromatic carbocycles. The van der Waals surface area contributed by atoms with E-state index in [1.807, 2.05) is 38.1 Å². The van der Waals surface area contributed by atoms with Gasteiger partial charge in [0.2, 0.25) is 0 Å². The number of H-pyrrole nitrogens is 1. The second-order valence-corrected chi connectivity index (χ2v) is 4.28. The van der Waals surface area contributed by atoms with Gasteiger partial charge in [0.25, 0.3) is 0 Å². The molecule has 18 heavy (non-hydrogen) atoms. The summed E-state index contributed by atoms with van der Waals surface area (Å²) in [5.74, 6) is 0. The highest BCUT2D eigenvalue weighted by Gasteiger charge is 2.09. The maximum Gasteiger partial charge on any atom is 0.330 e. The molecule has 0 unspecified atom stereocenters. The van der Waals surface area contributed by atoms with Gasteiger partial charge in [-0.05, 0) is 44.0 Å². The fourth-order valence-electron chi connectivity index (χ4n) is 2.05. The summed E-state index contributed by atoms with van der Waals surface area (Å²) in [5.41, 5.74) is 3.88. The molecular formula is C15H18N2O. The van der Waals surface area contributed by atoms with Gasteiger partial charge < -0.3 is 4.98 Å².